The molecule has 5 aromatic rings. The van der Waals surface area contributed by atoms with Gasteiger partial charge in [0.1, 0.15) is 18.3 Å². The molecular formula is C24H19N7O. The molecule has 1 amide bonds. The van der Waals surface area contributed by atoms with Crippen LogP contribution in [0.4, 0.5) is 5.69 Å². The van der Waals surface area contributed by atoms with E-state index in [1.807, 2.05) is 66.7 Å². The molecule has 156 valence electrons. The van der Waals surface area contributed by atoms with E-state index in [-0.39, 0.29) is 5.91 Å². The maximum Gasteiger partial charge on any atom is 0.259 e. The van der Waals surface area contributed by atoms with Gasteiger partial charge in [0.15, 0.2) is 0 Å². The minimum atomic E-state index is -0.246. The molecule has 0 spiro atoms. The third-order valence-electron chi connectivity index (χ3n) is 4.91. The highest BCUT2D eigenvalue weighted by Crippen LogP contribution is 2.24. The van der Waals surface area contributed by atoms with E-state index in [0.29, 0.717) is 23.5 Å². The molecule has 0 aliphatic rings. The van der Waals surface area contributed by atoms with Crippen molar-refractivity contribution >= 4 is 11.6 Å². The second-order valence-electron chi connectivity index (χ2n) is 7.16. The molecule has 0 aliphatic carbocycles. The third-order valence-corrected chi connectivity index (χ3v) is 4.91. The van der Waals surface area contributed by atoms with Crippen molar-refractivity contribution in [2.75, 3.05) is 5.32 Å². The molecule has 2 aromatic carbocycles. The van der Waals surface area contributed by atoms with Crippen LogP contribution in [0.2, 0.25) is 0 Å². The summed E-state index contributed by atoms with van der Waals surface area (Å²) in [5.74, 6) is -0.246. The average molecular weight is 421 g/mol. The summed E-state index contributed by atoms with van der Waals surface area (Å²) in [5.41, 5.74) is 4.36. The standard InChI is InChI=1S/C24H19N7O/c32-24(28-20-8-4-6-18(12-20)14-30-17-26-16-27-30)22-15-31(21-9-2-1-3-10-21)29-23(22)19-7-5-11-25-13-19/h1-13,15-17H,14H2,(H,28,32). The largest absolute Gasteiger partial charge is 0.322 e. The van der Waals surface area contributed by atoms with Crippen LogP contribution in [0.1, 0.15) is 15.9 Å². The third kappa shape index (κ3) is 4.15. The molecule has 0 unspecified atom stereocenters. The summed E-state index contributed by atoms with van der Waals surface area (Å²) in [5, 5.41) is 11.8. The van der Waals surface area contributed by atoms with Gasteiger partial charge >= 0.3 is 0 Å². The predicted octanol–water partition coefficient (Wildman–Crippen LogP) is 3.83. The van der Waals surface area contributed by atoms with Crippen molar-refractivity contribution in [1.82, 2.24) is 29.5 Å². The van der Waals surface area contributed by atoms with Gasteiger partial charge in [0.05, 0.1) is 17.8 Å². The Hall–Kier alpha value is -4.59. The predicted molar refractivity (Wildman–Crippen MR) is 120 cm³/mol. The van der Waals surface area contributed by atoms with Gasteiger partial charge < -0.3 is 5.32 Å². The molecule has 8 heteroatoms. The molecule has 0 atom stereocenters. The monoisotopic (exact) mass is 421 g/mol. The average Bonchev–Trinajstić information content (AvgIpc) is 3.51. The molecule has 0 bridgehead atoms. The number of rotatable bonds is 6. The number of para-hydroxylation sites is 1. The van der Waals surface area contributed by atoms with Gasteiger partial charge in [0.2, 0.25) is 0 Å². The van der Waals surface area contributed by atoms with E-state index in [4.69, 9.17) is 0 Å². The molecule has 3 aromatic heterocycles. The van der Waals surface area contributed by atoms with Crippen LogP contribution in [-0.4, -0.2) is 35.4 Å². The summed E-state index contributed by atoms with van der Waals surface area (Å²) in [6.45, 7) is 0.566. The van der Waals surface area contributed by atoms with Crippen molar-refractivity contribution in [3.05, 3.63) is 109 Å². The molecule has 0 aliphatic heterocycles. The molecular weight excluding hydrogens is 402 g/mol. The van der Waals surface area contributed by atoms with Crippen LogP contribution in [0.25, 0.3) is 16.9 Å². The molecule has 5 rings (SSSR count). The maximum absolute atomic E-state index is 13.3. The van der Waals surface area contributed by atoms with E-state index < -0.39 is 0 Å². The van der Waals surface area contributed by atoms with Gasteiger partial charge in [-0.05, 0) is 42.0 Å². The fourth-order valence-corrected chi connectivity index (χ4v) is 3.42. The lowest BCUT2D eigenvalue weighted by atomic mass is 10.1. The van der Waals surface area contributed by atoms with Crippen molar-refractivity contribution < 1.29 is 4.79 Å². The number of hydrogen-bond donors (Lipinski definition) is 1. The minimum absolute atomic E-state index is 0.246. The Morgan fingerprint density at radius 1 is 0.969 bits per heavy atom. The number of carbonyl (C=O) groups excluding carboxylic acids is 1. The van der Waals surface area contributed by atoms with E-state index in [1.54, 1.807) is 34.3 Å². The lowest BCUT2D eigenvalue weighted by Gasteiger charge is -2.08. The number of amides is 1. The summed E-state index contributed by atoms with van der Waals surface area (Å²) in [6, 6.07) is 21.1. The SMILES string of the molecule is O=C(Nc1cccc(Cn2cncn2)c1)c1cn(-c2ccccc2)nc1-c1cccnc1. The van der Waals surface area contributed by atoms with Crippen molar-refractivity contribution in [2.45, 2.75) is 6.54 Å². The summed E-state index contributed by atoms with van der Waals surface area (Å²) in [7, 11) is 0. The number of aromatic nitrogens is 6. The van der Waals surface area contributed by atoms with Crippen molar-refractivity contribution in [3.8, 4) is 16.9 Å². The highest BCUT2D eigenvalue weighted by molar-refractivity contribution is 6.08. The molecule has 0 saturated carbocycles. The molecule has 0 saturated heterocycles. The summed E-state index contributed by atoms with van der Waals surface area (Å²) < 4.78 is 3.43. The first-order valence-electron chi connectivity index (χ1n) is 10.0. The summed E-state index contributed by atoms with van der Waals surface area (Å²) in [4.78, 5) is 21.4. The molecule has 3 heterocycles. The molecule has 0 radical (unpaired) electrons. The highest BCUT2D eigenvalue weighted by atomic mass is 16.1. The number of benzene rings is 2. The lowest BCUT2D eigenvalue weighted by Crippen LogP contribution is -2.12. The number of nitrogens with one attached hydrogen (secondary N) is 1. The Bertz CT molecular complexity index is 1330. The maximum atomic E-state index is 13.3. The number of nitrogens with zero attached hydrogens (tertiary/aromatic N) is 6. The van der Waals surface area contributed by atoms with Crippen LogP contribution in [0.5, 0.6) is 0 Å². The first-order valence-corrected chi connectivity index (χ1v) is 10.0. The van der Waals surface area contributed by atoms with Gasteiger partial charge in [-0.25, -0.2) is 14.3 Å². The van der Waals surface area contributed by atoms with Gasteiger partial charge in [0.25, 0.3) is 5.91 Å². The van der Waals surface area contributed by atoms with Crippen LogP contribution < -0.4 is 5.32 Å². The van der Waals surface area contributed by atoms with Crippen molar-refractivity contribution in [1.29, 1.82) is 0 Å². The number of pyridine rings is 1. The zero-order valence-corrected chi connectivity index (χ0v) is 17.0. The topological polar surface area (TPSA) is 90.5 Å². The molecule has 0 fully saturated rings. The van der Waals surface area contributed by atoms with Crippen molar-refractivity contribution in [3.63, 3.8) is 0 Å². The lowest BCUT2D eigenvalue weighted by molar-refractivity contribution is 0.102. The Labute approximate surface area is 184 Å². The van der Waals surface area contributed by atoms with Crippen LogP contribution >= 0.6 is 0 Å². The Balaban J connectivity index is 1.46. The zero-order chi connectivity index (χ0) is 21.8. The van der Waals surface area contributed by atoms with Gasteiger partial charge in [-0.3, -0.25) is 9.78 Å². The van der Waals surface area contributed by atoms with E-state index in [0.717, 1.165) is 16.8 Å². The number of hydrogen-bond acceptors (Lipinski definition) is 5. The van der Waals surface area contributed by atoms with Gasteiger partial charge in [-0.1, -0.05) is 30.3 Å². The fourth-order valence-electron chi connectivity index (χ4n) is 3.42. The first kappa shape index (κ1) is 19.4. The highest BCUT2D eigenvalue weighted by Gasteiger charge is 2.19. The number of anilines is 1. The normalized spacial score (nSPS) is 10.8. The van der Waals surface area contributed by atoms with Crippen LogP contribution in [0.15, 0.2) is 98.0 Å². The quantitative estimate of drug-likeness (QED) is 0.450. The molecule has 8 nitrogen and oxygen atoms in total. The van der Waals surface area contributed by atoms with E-state index >= 15 is 0 Å². The van der Waals surface area contributed by atoms with Gasteiger partial charge in [-0.15, -0.1) is 0 Å². The van der Waals surface area contributed by atoms with Crippen LogP contribution in [0.3, 0.4) is 0 Å². The van der Waals surface area contributed by atoms with Crippen LogP contribution in [-0.2, 0) is 6.54 Å². The van der Waals surface area contributed by atoms with Gasteiger partial charge in [-0.2, -0.15) is 10.2 Å². The smallest absolute Gasteiger partial charge is 0.259 e. The molecule has 1 N–H and O–H groups in total. The van der Waals surface area contributed by atoms with Gasteiger partial charge in [0, 0.05) is 29.8 Å². The van der Waals surface area contributed by atoms with E-state index in [2.05, 4.69) is 25.5 Å². The first-order chi connectivity index (χ1) is 15.8. The molecule has 32 heavy (non-hydrogen) atoms. The zero-order valence-electron chi connectivity index (χ0n) is 17.0. The van der Waals surface area contributed by atoms with E-state index in [9.17, 15) is 4.79 Å². The Morgan fingerprint density at radius 3 is 2.66 bits per heavy atom. The van der Waals surface area contributed by atoms with Crippen LogP contribution in [0, 0.1) is 0 Å². The second-order valence-corrected chi connectivity index (χ2v) is 7.16. The Morgan fingerprint density at radius 2 is 1.88 bits per heavy atom. The number of carbonyl (C=O) groups is 1. The fraction of sp³-hybridized carbons (Fsp3) is 0.0417. The minimum Gasteiger partial charge on any atom is -0.322 e. The van der Waals surface area contributed by atoms with E-state index in [1.165, 1.54) is 6.33 Å². The second kappa shape index (κ2) is 8.65. The van der Waals surface area contributed by atoms with Crippen molar-refractivity contribution in [2.24, 2.45) is 0 Å². The Kier molecular flexibility index (Phi) is 5.24. The summed E-state index contributed by atoms with van der Waals surface area (Å²) in [6.07, 6.45) is 8.29. The summed E-state index contributed by atoms with van der Waals surface area (Å²) >= 11 is 0.